The molecule has 1 fully saturated rings. The Labute approximate surface area is 133 Å². The lowest BCUT2D eigenvalue weighted by atomic mass is 9.75. The highest BCUT2D eigenvalue weighted by atomic mass is 16.4. The third kappa shape index (κ3) is 2.87. The highest BCUT2D eigenvalue weighted by Crippen LogP contribution is 2.42. The quantitative estimate of drug-likeness (QED) is 0.876. The summed E-state index contributed by atoms with van der Waals surface area (Å²) in [6.07, 6.45) is 5.55. The van der Waals surface area contributed by atoms with E-state index >= 15 is 0 Å². The molecule has 2 aromatic rings. The number of aliphatic hydroxyl groups excluding tert-OH is 1. The van der Waals surface area contributed by atoms with Crippen molar-refractivity contribution in [2.45, 2.75) is 18.9 Å². The van der Waals surface area contributed by atoms with Gasteiger partial charge in [-0.25, -0.2) is 15.0 Å². The van der Waals surface area contributed by atoms with Crippen LogP contribution in [0, 0.1) is 5.41 Å². The number of carboxylic acids is 1. The molecule has 0 saturated carbocycles. The summed E-state index contributed by atoms with van der Waals surface area (Å²) >= 11 is 0. The fraction of sp³-hybridized carbons (Fsp3) is 0.375. The summed E-state index contributed by atoms with van der Waals surface area (Å²) in [6.45, 7) is 0.0640. The highest BCUT2D eigenvalue weighted by Gasteiger charge is 2.46. The fourth-order valence-electron chi connectivity index (χ4n) is 2.99. The summed E-state index contributed by atoms with van der Waals surface area (Å²) in [5.74, 6) is 0.306. The lowest BCUT2D eigenvalue weighted by Crippen LogP contribution is -2.48. The molecule has 0 aromatic carbocycles. The van der Waals surface area contributed by atoms with Gasteiger partial charge in [0.15, 0.2) is 5.82 Å². The average Bonchev–Trinajstić information content (AvgIpc) is 2.62. The van der Waals surface area contributed by atoms with Gasteiger partial charge in [-0.1, -0.05) is 6.07 Å². The van der Waals surface area contributed by atoms with Crippen LogP contribution in [-0.4, -0.2) is 44.3 Å². The summed E-state index contributed by atoms with van der Waals surface area (Å²) in [5, 5.41) is 19.3. The van der Waals surface area contributed by atoms with Crippen molar-refractivity contribution in [3.63, 3.8) is 0 Å². The summed E-state index contributed by atoms with van der Waals surface area (Å²) in [4.78, 5) is 26.6. The molecule has 3 rings (SSSR count). The van der Waals surface area contributed by atoms with Crippen molar-refractivity contribution in [2.24, 2.45) is 5.41 Å². The Morgan fingerprint density at radius 1 is 1.22 bits per heavy atom. The van der Waals surface area contributed by atoms with Crippen LogP contribution in [0.4, 0.5) is 5.82 Å². The Bertz CT molecular complexity index is 668. The van der Waals surface area contributed by atoms with E-state index in [1.165, 1.54) is 0 Å². The molecule has 1 aliphatic rings. The van der Waals surface area contributed by atoms with Gasteiger partial charge in [0.2, 0.25) is 0 Å². The monoisotopic (exact) mass is 314 g/mol. The number of rotatable bonds is 4. The second-order valence-electron chi connectivity index (χ2n) is 5.70. The molecule has 120 valence electrons. The second-order valence-corrected chi connectivity index (χ2v) is 5.70. The SMILES string of the molecule is O=C(O)C1(CO)CCN(c2ccccn2)C(c2ncccn2)C1. The molecule has 7 nitrogen and oxygen atoms in total. The summed E-state index contributed by atoms with van der Waals surface area (Å²) in [5.41, 5.74) is -1.17. The van der Waals surface area contributed by atoms with E-state index in [9.17, 15) is 15.0 Å². The molecule has 0 aliphatic carbocycles. The minimum atomic E-state index is -1.17. The maximum absolute atomic E-state index is 11.7. The first kappa shape index (κ1) is 15.4. The van der Waals surface area contributed by atoms with E-state index in [2.05, 4.69) is 15.0 Å². The van der Waals surface area contributed by atoms with Crippen molar-refractivity contribution in [1.29, 1.82) is 0 Å². The number of pyridine rings is 1. The van der Waals surface area contributed by atoms with E-state index in [0.717, 1.165) is 5.82 Å². The van der Waals surface area contributed by atoms with Gasteiger partial charge >= 0.3 is 5.97 Å². The fourth-order valence-corrected chi connectivity index (χ4v) is 2.99. The maximum atomic E-state index is 11.7. The van der Waals surface area contributed by atoms with Crippen LogP contribution >= 0.6 is 0 Å². The van der Waals surface area contributed by atoms with Crippen LogP contribution in [0.2, 0.25) is 0 Å². The molecular weight excluding hydrogens is 296 g/mol. The Balaban J connectivity index is 1.99. The second kappa shape index (κ2) is 6.29. The standard InChI is InChI=1S/C16H18N4O3/c21-11-16(15(22)23)5-9-20(13-4-1-2-6-17-13)12(10-16)14-18-7-3-8-19-14/h1-4,6-8,12,21H,5,9-11H2,(H,22,23). The first-order chi connectivity index (χ1) is 11.2. The van der Waals surface area contributed by atoms with E-state index < -0.39 is 18.0 Å². The van der Waals surface area contributed by atoms with Gasteiger partial charge in [0.1, 0.15) is 5.82 Å². The van der Waals surface area contributed by atoms with Gasteiger partial charge in [-0.3, -0.25) is 4.79 Å². The van der Waals surface area contributed by atoms with Crippen molar-refractivity contribution >= 4 is 11.8 Å². The Morgan fingerprint density at radius 3 is 2.57 bits per heavy atom. The van der Waals surface area contributed by atoms with Gasteiger partial charge in [0.25, 0.3) is 0 Å². The van der Waals surface area contributed by atoms with Gasteiger partial charge in [-0.05, 0) is 31.0 Å². The Kier molecular flexibility index (Phi) is 4.20. The average molecular weight is 314 g/mol. The highest BCUT2D eigenvalue weighted by molar-refractivity contribution is 5.75. The van der Waals surface area contributed by atoms with Gasteiger partial charge in [0, 0.05) is 25.1 Å². The van der Waals surface area contributed by atoms with Crippen molar-refractivity contribution < 1.29 is 15.0 Å². The number of aromatic nitrogens is 3. The van der Waals surface area contributed by atoms with Gasteiger partial charge < -0.3 is 15.1 Å². The molecule has 2 aromatic heterocycles. The van der Waals surface area contributed by atoms with Crippen LogP contribution in [0.1, 0.15) is 24.7 Å². The van der Waals surface area contributed by atoms with E-state index in [4.69, 9.17) is 0 Å². The molecule has 1 aliphatic heterocycles. The zero-order chi connectivity index (χ0) is 16.3. The van der Waals surface area contributed by atoms with Crippen molar-refractivity contribution in [1.82, 2.24) is 15.0 Å². The van der Waals surface area contributed by atoms with Crippen molar-refractivity contribution in [3.8, 4) is 0 Å². The molecular formula is C16H18N4O3. The van der Waals surface area contributed by atoms with Crippen LogP contribution in [0.5, 0.6) is 0 Å². The van der Waals surface area contributed by atoms with Crippen molar-refractivity contribution in [2.75, 3.05) is 18.1 Å². The van der Waals surface area contributed by atoms with Gasteiger partial charge in [0.05, 0.1) is 18.1 Å². The number of carbonyl (C=O) groups is 1. The number of hydrogen-bond donors (Lipinski definition) is 2. The molecule has 3 heterocycles. The Hall–Kier alpha value is -2.54. The molecule has 2 atom stereocenters. The molecule has 0 radical (unpaired) electrons. The first-order valence-electron chi connectivity index (χ1n) is 7.45. The smallest absolute Gasteiger partial charge is 0.312 e. The number of aliphatic carboxylic acids is 1. The molecule has 0 spiro atoms. The minimum Gasteiger partial charge on any atom is -0.481 e. The van der Waals surface area contributed by atoms with E-state index in [1.54, 1.807) is 24.7 Å². The number of nitrogens with zero attached hydrogens (tertiary/aromatic N) is 4. The predicted molar refractivity (Wildman–Crippen MR) is 82.7 cm³/mol. The van der Waals surface area contributed by atoms with Crippen LogP contribution in [0.25, 0.3) is 0 Å². The summed E-state index contributed by atoms with van der Waals surface area (Å²) < 4.78 is 0. The zero-order valence-corrected chi connectivity index (χ0v) is 12.5. The molecule has 0 bridgehead atoms. The van der Waals surface area contributed by atoms with Gasteiger partial charge in [-0.15, -0.1) is 0 Å². The number of piperidine rings is 1. The third-order valence-electron chi connectivity index (χ3n) is 4.38. The molecule has 0 amide bonds. The predicted octanol–water partition coefficient (Wildman–Crippen LogP) is 1.28. The molecule has 2 unspecified atom stereocenters. The van der Waals surface area contributed by atoms with E-state index in [0.29, 0.717) is 18.8 Å². The lowest BCUT2D eigenvalue weighted by molar-refractivity contribution is -0.154. The maximum Gasteiger partial charge on any atom is 0.312 e. The topological polar surface area (TPSA) is 99.4 Å². The zero-order valence-electron chi connectivity index (χ0n) is 12.5. The van der Waals surface area contributed by atoms with Crippen LogP contribution in [-0.2, 0) is 4.79 Å². The van der Waals surface area contributed by atoms with Crippen LogP contribution < -0.4 is 4.90 Å². The minimum absolute atomic E-state index is 0.236. The lowest BCUT2D eigenvalue weighted by Gasteiger charge is -2.43. The van der Waals surface area contributed by atoms with Crippen LogP contribution in [0.15, 0.2) is 42.9 Å². The van der Waals surface area contributed by atoms with Gasteiger partial charge in [-0.2, -0.15) is 0 Å². The number of carboxylic acid groups (broad SMARTS) is 1. The van der Waals surface area contributed by atoms with E-state index in [-0.39, 0.29) is 12.5 Å². The Morgan fingerprint density at radius 2 is 1.96 bits per heavy atom. The summed E-state index contributed by atoms with van der Waals surface area (Å²) in [6, 6.07) is 6.96. The van der Waals surface area contributed by atoms with Crippen LogP contribution in [0.3, 0.4) is 0 Å². The molecule has 1 saturated heterocycles. The molecule has 23 heavy (non-hydrogen) atoms. The number of hydrogen-bond acceptors (Lipinski definition) is 6. The molecule has 2 N–H and O–H groups in total. The summed E-state index contributed by atoms with van der Waals surface area (Å²) in [7, 11) is 0. The van der Waals surface area contributed by atoms with E-state index in [1.807, 2.05) is 23.1 Å². The van der Waals surface area contributed by atoms with Crippen molar-refractivity contribution in [3.05, 3.63) is 48.7 Å². The number of anilines is 1. The normalized spacial score (nSPS) is 24.4. The molecule has 7 heteroatoms. The third-order valence-corrected chi connectivity index (χ3v) is 4.38. The largest absolute Gasteiger partial charge is 0.481 e. The first-order valence-corrected chi connectivity index (χ1v) is 7.45. The number of aliphatic hydroxyl groups is 1.